The lowest BCUT2D eigenvalue weighted by molar-refractivity contribution is -0.142. The molecule has 6 nitrogen and oxygen atoms in total. The van der Waals surface area contributed by atoms with Crippen molar-refractivity contribution in [3.05, 3.63) is 30.1 Å². The van der Waals surface area contributed by atoms with E-state index in [1.165, 1.54) is 12.1 Å². The fourth-order valence-electron chi connectivity index (χ4n) is 1.95. The van der Waals surface area contributed by atoms with Crippen molar-refractivity contribution < 1.29 is 22.7 Å². The number of aliphatic carboxylic acids is 1. The molecule has 0 saturated carbocycles. The molecular formula is C11H13FN2O4S. The van der Waals surface area contributed by atoms with E-state index in [-0.39, 0.29) is 24.4 Å². The number of carboxylic acid groups (broad SMARTS) is 1. The Kier molecular flexibility index (Phi) is 3.33. The quantitative estimate of drug-likeness (QED) is 0.815. The van der Waals surface area contributed by atoms with Gasteiger partial charge in [-0.3, -0.25) is 4.79 Å². The fourth-order valence-corrected chi connectivity index (χ4v) is 3.50. The van der Waals surface area contributed by atoms with E-state index in [1.54, 1.807) is 0 Å². The third kappa shape index (κ3) is 2.46. The van der Waals surface area contributed by atoms with Gasteiger partial charge in [0.05, 0.1) is 4.90 Å². The standard InChI is InChI=1S/C11H13FN2O4S/c12-8-2-1-3-9(6-8)19(17,18)14-5-4-11(13,7-14)10(15)16/h1-3,6H,4-5,7,13H2,(H,15,16). The molecule has 8 heteroatoms. The Labute approximate surface area is 109 Å². The van der Waals surface area contributed by atoms with Gasteiger partial charge in [0.2, 0.25) is 10.0 Å². The van der Waals surface area contributed by atoms with E-state index in [2.05, 4.69) is 0 Å². The lowest BCUT2D eigenvalue weighted by Gasteiger charge is -2.20. The van der Waals surface area contributed by atoms with Gasteiger partial charge in [-0.2, -0.15) is 4.31 Å². The highest BCUT2D eigenvalue weighted by Gasteiger charge is 2.45. The molecular weight excluding hydrogens is 275 g/mol. The Morgan fingerprint density at radius 3 is 2.68 bits per heavy atom. The van der Waals surface area contributed by atoms with Gasteiger partial charge < -0.3 is 10.8 Å². The summed E-state index contributed by atoms with van der Waals surface area (Å²) in [5.41, 5.74) is 4.03. The molecule has 1 atom stereocenters. The molecule has 2 rings (SSSR count). The third-order valence-corrected chi connectivity index (χ3v) is 4.97. The van der Waals surface area contributed by atoms with Crippen molar-refractivity contribution >= 4 is 16.0 Å². The molecule has 1 aliphatic heterocycles. The van der Waals surface area contributed by atoms with Crippen molar-refractivity contribution in [2.45, 2.75) is 16.9 Å². The Bertz CT molecular complexity index is 619. The molecule has 0 bridgehead atoms. The second-order valence-corrected chi connectivity index (χ2v) is 6.45. The molecule has 1 aliphatic rings. The summed E-state index contributed by atoms with van der Waals surface area (Å²) in [5.74, 6) is -1.91. The first-order valence-electron chi connectivity index (χ1n) is 5.54. The predicted octanol–water partition coefficient (Wildman–Crippen LogP) is 0.00220. The van der Waals surface area contributed by atoms with E-state index in [0.29, 0.717) is 0 Å². The molecule has 1 aromatic rings. The molecule has 0 aliphatic carbocycles. The van der Waals surface area contributed by atoms with E-state index >= 15 is 0 Å². The topological polar surface area (TPSA) is 101 Å². The molecule has 19 heavy (non-hydrogen) atoms. The zero-order valence-electron chi connectivity index (χ0n) is 9.91. The van der Waals surface area contributed by atoms with Crippen LogP contribution < -0.4 is 5.73 Å². The predicted molar refractivity (Wildman–Crippen MR) is 64.3 cm³/mol. The van der Waals surface area contributed by atoms with Crippen LogP contribution in [0.5, 0.6) is 0 Å². The second-order valence-electron chi connectivity index (χ2n) is 4.51. The van der Waals surface area contributed by atoms with Gasteiger partial charge in [-0.25, -0.2) is 12.8 Å². The zero-order valence-corrected chi connectivity index (χ0v) is 10.7. The van der Waals surface area contributed by atoms with E-state index in [9.17, 15) is 17.6 Å². The third-order valence-electron chi connectivity index (χ3n) is 3.13. The normalized spacial score (nSPS) is 24.5. The Morgan fingerprint density at radius 2 is 2.16 bits per heavy atom. The minimum atomic E-state index is -3.92. The molecule has 0 spiro atoms. The summed E-state index contributed by atoms with van der Waals surface area (Å²) in [6, 6.07) is 4.57. The molecule has 0 radical (unpaired) electrons. The van der Waals surface area contributed by atoms with Gasteiger partial charge in [0.25, 0.3) is 0 Å². The van der Waals surface area contributed by atoms with Gasteiger partial charge >= 0.3 is 5.97 Å². The van der Waals surface area contributed by atoms with Crippen LogP contribution in [-0.4, -0.2) is 42.4 Å². The Hall–Kier alpha value is -1.51. The van der Waals surface area contributed by atoms with Gasteiger partial charge in [-0.1, -0.05) is 6.07 Å². The largest absolute Gasteiger partial charge is 0.480 e. The molecule has 1 saturated heterocycles. The summed E-state index contributed by atoms with van der Waals surface area (Å²) in [6.07, 6.45) is 0.0247. The minimum absolute atomic E-state index is 0.00163. The number of halogens is 1. The molecule has 0 aromatic heterocycles. The number of benzene rings is 1. The average Bonchev–Trinajstić information content (AvgIpc) is 2.74. The van der Waals surface area contributed by atoms with Crippen LogP contribution >= 0.6 is 0 Å². The van der Waals surface area contributed by atoms with Crippen molar-refractivity contribution in [1.29, 1.82) is 0 Å². The maximum Gasteiger partial charge on any atom is 0.325 e. The minimum Gasteiger partial charge on any atom is -0.480 e. The van der Waals surface area contributed by atoms with Crippen molar-refractivity contribution in [3.63, 3.8) is 0 Å². The summed E-state index contributed by atoms with van der Waals surface area (Å²) in [4.78, 5) is 10.8. The highest BCUT2D eigenvalue weighted by molar-refractivity contribution is 7.89. The molecule has 1 unspecified atom stereocenters. The number of nitrogens with zero attached hydrogens (tertiary/aromatic N) is 1. The van der Waals surface area contributed by atoms with E-state index < -0.39 is 27.3 Å². The summed E-state index contributed by atoms with van der Waals surface area (Å²) in [7, 11) is -3.92. The van der Waals surface area contributed by atoms with Crippen LogP contribution in [0.3, 0.4) is 0 Å². The summed E-state index contributed by atoms with van der Waals surface area (Å²) < 4.78 is 38.4. The molecule has 1 fully saturated rings. The van der Waals surface area contributed by atoms with Gasteiger partial charge in [0.15, 0.2) is 0 Å². The van der Waals surface area contributed by atoms with Crippen molar-refractivity contribution in [2.24, 2.45) is 5.73 Å². The van der Waals surface area contributed by atoms with Gasteiger partial charge in [0.1, 0.15) is 11.4 Å². The number of nitrogens with two attached hydrogens (primary N) is 1. The maximum atomic E-state index is 13.1. The van der Waals surface area contributed by atoms with Crippen molar-refractivity contribution in [1.82, 2.24) is 4.31 Å². The molecule has 1 aromatic carbocycles. The molecule has 3 N–H and O–H groups in total. The van der Waals surface area contributed by atoms with Crippen molar-refractivity contribution in [3.8, 4) is 0 Å². The number of hydrogen-bond acceptors (Lipinski definition) is 4. The lowest BCUT2D eigenvalue weighted by Crippen LogP contribution is -2.50. The average molecular weight is 288 g/mol. The van der Waals surface area contributed by atoms with E-state index in [4.69, 9.17) is 10.8 Å². The number of hydrogen-bond donors (Lipinski definition) is 2. The van der Waals surface area contributed by atoms with Crippen LogP contribution in [0, 0.1) is 5.82 Å². The first-order valence-corrected chi connectivity index (χ1v) is 6.98. The van der Waals surface area contributed by atoms with Gasteiger partial charge in [-0.05, 0) is 24.6 Å². The highest BCUT2D eigenvalue weighted by atomic mass is 32.2. The van der Waals surface area contributed by atoms with E-state index in [1.807, 2.05) is 0 Å². The Morgan fingerprint density at radius 1 is 1.47 bits per heavy atom. The first kappa shape index (κ1) is 13.9. The first-order chi connectivity index (χ1) is 8.75. The molecule has 104 valence electrons. The zero-order chi connectivity index (χ0) is 14.3. The SMILES string of the molecule is NC1(C(=O)O)CCN(S(=O)(=O)c2cccc(F)c2)C1. The molecule has 1 heterocycles. The molecule has 0 amide bonds. The van der Waals surface area contributed by atoms with Crippen LogP contribution in [0.1, 0.15) is 6.42 Å². The lowest BCUT2D eigenvalue weighted by atomic mass is 10.0. The monoisotopic (exact) mass is 288 g/mol. The highest BCUT2D eigenvalue weighted by Crippen LogP contribution is 2.26. The maximum absolute atomic E-state index is 13.1. The Balaban J connectivity index is 2.31. The summed E-state index contributed by atoms with van der Waals surface area (Å²) >= 11 is 0. The summed E-state index contributed by atoms with van der Waals surface area (Å²) in [6.45, 7) is -0.317. The number of carboxylic acids is 1. The number of rotatable bonds is 3. The van der Waals surface area contributed by atoms with Crippen LogP contribution in [0.4, 0.5) is 4.39 Å². The van der Waals surface area contributed by atoms with Gasteiger partial charge in [0, 0.05) is 13.1 Å². The summed E-state index contributed by atoms with van der Waals surface area (Å²) in [5, 5.41) is 8.96. The fraction of sp³-hybridized carbons (Fsp3) is 0.364. The smallest absolute Gasteiger partial charge is 0.325 e. The number of sulfonamides is 1. The van der Waals surface area contributed by atoms with E-state index in [0.717, 1.165) is 16.4 Å². The van der Waals surface area contributed by atoms with Gasteiger partial charge in [-0.15, -0.1) is 0 Å². The van der Waals surface area contributed by atoms with Crippen LogP contribution in [0.2, 0.25) is 0 Å². The number of carbonyl (C=O) groups is 1. The van der Waals surface area contributed by atoms with Crippen LogP contribution in [0.15, 0.2) is 29.2 Å². The van der Waals surface area contributed by atoms with Crippen LogP contribution in [-0.2, 0) is 14.8 Å². The van der Waals surface area contributed by atoms with Crippen LogP contribution in [0.25, 0.3) is 0 Å². The second kappa shape index (κ2) is 4.55. The van der Waals surface area contributed by atoms with Crippen molar-refractivity contribution in [2.75, 3.05) is 13.1 Å².